The fraction of sp³-hybridized carbons (Fsp3) is 0.450. The Morgan fingerprint density at radius 3 is 2.35 bits per heavy atom. The highest BCUT2D eigenvalue weighted by atomic mass is 35.5. The fourth-order valence-electron chi connectivity index (χ4n) is 5.23. The Balaban J connectivity index is 1.52. The van der Waals surface area contributed by atoms with Gasteiger partial charge in [-0.1, -0.05) is 23.8 Å². The second-order valence-corrected chi connectivity index (χ2v) is 7.96. The Labute approximate surface area is 155 Å². The van der Waals surface area contributed by atoms with E-state index in [1.165, 1.54) is 17.0 Å². The lowest BCUT2D eigenvalue weighted by Gasteiger charge is -2.37. The zero-order chi connectivity index (χ0) is 18.2. The molecule has 2 amide bonds. The Kier molecular flexibility index (Phi) is 3.35. The minimum absolute atomic E-state index is 0.151. The number of halogens is 1. The van der Waals surface area contributed by atoms with Crippen molar-refractivity contribution in [2.45, 2.75) is 13.3 Å². The summed E-state index contributed by atoms with van der Waals surface area (Å²) in [4.78, 5) is 39.6. The second-order valence-electron chi connectivity index (χ2n) is 7.55. The molecule has 6 heteroatoms. The molecule has 0 unspecified atom stereocenters. The van der Waals surface area contributed by atoms with Crippen LogP contribution in [0.5, 0.6) is 0 Å². The van der Waals surface area contributed by atoms with Crippen LogP contribution in [0.1, 0.15) is 23.7 Å². The molecule has 6 atom stereocenters. The highest BCUT2D eigenvalue weighted by Gasteiger charge is 2.67. The molecule has 4 aliphatic carbocycles. The van der Waals surface area contributed by atoms with Gasteiger partial charge in [0.15, 0.2) is 0 Å². The summed E-state index contributed by atoms with van der Waals surface area (Å²) < 4.78 is 5.02. The van der Waals surface area contributed by atoms with Crippen LogP contribution < -0.4 is 4.90 Å². The van der Waals surface area contributed by atoms with Crippen molar-refractivity contribution >= 4 is 35.1 Å². The van der Waals surface area contributed by atoms with Gasteiger partial charge in [0.05, 0.1) is 34.7 Å². The Bertz CT molecular complexity index is 843. The number of imide groups is 1. The number of carbonyl (C=O) groups is 3. The number of nitrogens with zero attached hydrogens (tertiary/aromatic N) is 1. The second kappa shape index (κ2) is 5.43. The number of carbonyl (C=O) groups excluding carboxylic acids is 3. The monoisotopic (exact) mass is 371 g/mol. The number of hydrogen-bond donors (Lipinski definition) is 0. The Morgan fingerprint density at radius 2 is 1.77 bits per heavy atom. The minimum atomic E-state index is -0.557. The van der Waals surface area contributed by atoms with Gasteiger partial charge >= 0.3 is 5.97 Å². The lowest BCUT2D eigenvalue weighted by Crippen LogP contribution is -2.40. The van der Waals surface area contributed by atoms with Crippen molar-refractivity contribution in [2.24, 2.45) is 35.5 Å². The van der Waals surface area contributed by atoms with Crippen molar-refractivity contribution in [2.75, 3.05) is 11.5 Å². The van der Waals surface area contributed by atoms with E-state index >= 15 is 0 Å². The molecule has 0 N–H and O–H groups in total. The molecule has 1 aromatic rings. The van der Waals surface area contributed by atoms with Crippen LogP contribution in [-0.4, -0.2) is 24.4 Å². The third-order valence-corrected chi connectivity index (χ3v) is 6.70. The number of hydrogen-bond acceptors (Lipinski definition) is 4. The minimum Gasteiger partial charge on any atom is -0.462 e. The van der Waals surface area contributed by atoms with Crippen LogP contribution >= 0.6 is 11.6 Å². The van der Waals surface area contributed by atoms with Gasteiger partial charge in [0.1, 0.15) is 0 Å². The van der Waals surface area contributed by atoms with E-state index in [-0.39, 0.29) is 52.7 Å². The number of benzene rings is 1. The zero-order valence-electron chi connectivity index (χ0n) is 14.2. The Hall–Kier alpha value is -2.14. The average Bonchev–Trinajstić information content (AvgIpc) is 3.40. The normalized spacial score (nSPS) is 36.2. The molecule has 26 heavy (non-hydrogen) atoms. The van der Waals surface area contributed by atoms with E-state index in [0.717, 1.165) is 6.42 Å². The smallest absolute Gasteiger partial charge is 0.339 e. The van der Waals surface area contributed by atoms with Gasteiger partial charge in [-0.2, -0.15) is 0 Å². The fourth-order valence-corrected chi connectivity index (χ4v) is 5.42. The number of allylic oxidation sites excluding steroid dienone is 2. The highest BCUT2D eigenvalue weighted by Crippen LogP contribution is 2.65. The molecule has 0 aromatic heterocycles. The highest BCUT2D eigenvalue weighted by molar-refractivity contribution is 6.34. The molecule has 5 nitrogen and oxygen atoms in total. The molecule has 5 aliphatic rings. The average molecular weight is 372 g/mol. The number of amides is 2. The van der Waals surface area contributed by atoms with Crippen LogP contribution in [0.3, 0.4) is 0 Å². The summed E-state index contributed by atoms with van der Waals surface area (Å²) in [6, 6.07) is 4.65. The predicted molar refractivity (Wildman–Crippen MR) is 94.6 cm³/mol. The van der Waals surface area contributed by atoms with E-state index in [1.54, 1.807) is 13.0 Å². The topological polar surface area (TPSA) is 63.7 Å². The van der Waals surface area contributed by atoms with Gasteiger partial charge in [-0.25, -0.2) is 9.69 Å². The standard InChI is InChI=1S/C20H18ClNO4/c1-2-26-20(25)14-7-9(3-6-15(14)21)22-18(23)16-10-4-5-11(13-8-12(10)13)17(16)19(22)24/h3-7,10-13,16-17H,2,8H2,1H3/t10-,11+,12-,13-,16+,17-/m1/s1. The maximum Gasteiger partial charge on any atom is 0.339 e. The van der Waals surface area contributed by atoms with Gasteiger partial charge in [0, 0.05) is 0 Å². The summed E-state index contributed by atoms with van der Waals surface area (Å²) in [5.41, 5.74) is 0.570. The third-order valence-electron chi connectivity index (χ3n) is 6.37. The predicted octanol–water partition coefficient (Wildman–Crippen LogP) is 3.07. The third kappa shape index (κ3) is 2.01. The van der Waals surface area contributed by atoms with Crippen molar-refractivity contribution in [3.8, 4) is 0 Å². The van der Waals surface area contributed by atoms with E-state index in [4.69, 9.17) is 16.3 Å². The van der Waals surface area contributed by atoms with Crippen LogP contribution in [0.15, 0.2) is 30.4 Å². The maximum absolute atomic E-state index is 13.1. The van der Waals surface area contributed by atoms with Crippen LogP contribution in [-0.2, 0) is 14.3 Å². The number of ether oxygens (including phenoxy) is 1. The quantitative estimate of drug-likeness (QED) is 0.465. The summed E-state index contributed by atoms with van der Waals surface area (Å²) >= 11 is 6.11. The van der Waals surface area contributed by atoms with Crippen LogP contribution in [0.4, 0.5) is 5.69 Å². The van der Waals surface area contributed by atoms with Crippen molar-refractivity contribution in [1.82, 2.24) is 0 Å². The summed E-state index contributed by atoms with van der Waals surface area (Å²) in [7, 11) is 0. The first kappa shape index (κ1) is 16.1. The van der Waals surface area contributed by atoms with Gasteiger partial charge in [0.2, 0.25) is 11.8 Å². The summed E-state index contributed by atoms with van der Waals surface area (Å²) in [6.07, 6.45) is 5.41. The zero-order valence-corrected chi connectivity index (χ0v) is 15.0. The molecule has 1 aliphatic heterocycles. The molecule has 2 bridgehead atoms. The van der Waals surface area contributed by atoms with Gasteiger partial charge < -0.3 is 4.74 Å². The molecular formula is C20H18ClNO4. The number of rotatable bonds is 3. The Morgan fingerprint density at radius 1 is 1.15 bits per heavy atom. The molecule has 1 saturated heterocycles. The first-order valence-electron chi connectivity index (χ1n) is 9.05. The molecule has 0 radical (unpaired) electrons. The maximum atomic E-state index is 13.1. The van der Waals surface area contributed by atoms with Crippen molar-refractivity contribution in [3.05, 3.63) is 40.9 Å². The molecule has 2 saturated carbocycles. The molecule has 3 fully saturated rings. The van der Waals surface area contributed by atoms with Crippen LogP contribution in [0.2, 0.25) is 5.02 Å². The number of anilines is 1. The van der Waals surface area contributed by atoms with E-state index in [1.807, 2.05) is 0 Å². The summed E-state index contributed by atoms with van der Waals surface area (Å²) in [5, 5.41) is 0.242. The van der Waals surface area contributed by atoms with E-state index in [2.05, 4.69) is 12.2 Å². The largest absolute Gasteiger partial charge is 0.462 e. The van der Waals surface area contributed by atoms with Crippen molar-refractivity contribution in [1.29, 1.82) is 0 Å². The molecule has 1 aromatic carbocycles. The first-order valence-corrected chi connectivity index (χ1v) is 9.43. The molecule has 0 spiro atoms. The van der Waals surface area contributed by atoms with Crippen molar-refractivity contribution in [3.63, 3.8) is 0 Å². The van der Waals surface area contributed by atoms with Crippen LogP contribution in [0.25, 0.3) is 0 Å². The van der Waals surface area contributed by atoms with Gasteiger partial charge in [-0.05, 0) is 55.2 Å². The SMILES string of the molecule is CCOC(=O)c1cc(N2C(=O)[C@@H]3[C@H]4C=C[C@H]([C@H]5C[C@H]45)[C@@H]3C2=O)ccc1Cl. The lowest BCUT2D eigenvalue weighted by molar-refractivity contribution is -0.124. The molecular weight excluding hydrogens is 354 g/mol. The van der Waals surface area contributed by atoms with Crippen LogP contribution in [0, 0.1) is 35.5 Å². The lowest BCUT2D eigenvalue weighted by atomic mass is 9.63. The number of esters is 1. The van der Waals surface area contributed by atoms with Gasteiger partial charge in [-0.15, -0.1) is 0 Å². The van der Waals surface area contributed by atoms with E-state index < -0.39 is 5.97 Å². The summed E-state index contributed by atoms with van der Waals surface area (Å²) in [5.74, 6) is 0.0847. The molecule has 1 heterocycles. The first-order chi connectivity index (χ1) is 12.5. The summed E-state index contributed by atoms with van der Waals surface area (Å²) in [6.45, 7) is 1.94. The molecule has 6 rings (SSSR count). The molecule has 134 valence electrons. The van der Waals surface area contributed by atoms with E-state index in [9.17, 15) is 14.4 Å². The van der Waals surface area contributed by atoms with Gasteiger partial charge in [0.25, 0.3) is 0 Å². The van der Waals surface area contributed by atoms with Crippen molar-refractivity contribution < 1.29 is 19.1 Å². The van der Waals surface area contributed by atoms with Gasteiger partial charge in [-0.3, -0.25) is 9.59 Å². The van der Waals surface area contributed by atoms with E-state index in [0.29, 0.717) is 17.5 Å².